The lowest BCUT2D eigenvalue weighted by Crippen LogP contribution is -2.61. The SMILES string of the molecule is CC(C)(C)c1ccc2c(c1)c1cc(C(C)(C)C)ccc1n2-c1ccc2c(c1)N(c1ccc(-c3ccc4c(c3)C(C)(C)CCC4(C)C)cc1)c1cc(-n3c4ccccc4c4cc(-c5ccccc5)ccc43)cc3c1B2c1ccc(-n2c4ccc(C(C)(C)C)cc4c4cc(C(C)(C)C)ccc42)cc1N3c1ccc(-c2ccc3c(c2)C(C)(C)CCC3(C)C)cc1. The van der Waals surface area contributed by atoms with Crippen LogP contribution in [0.3, 0.4) is 0 Å². The second-order valence-electron chi connectivity index (χ2n) is 43.2. The normalized spacial score (nSPS) is 16.0. The first-order chi connectivity index (χ1) is 58.0. The molecule has 17 aromatic rings. The first-order valence-electron chi connectivity index (χ1n) is 44.8. The van der Waals surface area contributed by atoms with E-state index in [-0.39, 0.29) is 50.0 Å². The summed E-state index contributed by atoms with van der Waals surface area (Å²) >= 11 is 0. The summed E-state index contributed by atoms with van der Waals surface area (Å²) in [6.45, 7) is 47.4. The van der Waals surface area contributed by atoms with Gasteiger partial charge >= 0.3 is 0 Å². The Morgan fingerprint density at radius 3 is 0.918 bits per heavy atom. The van der Waals surface area contributed by atoms with Crippen molar-refractivity contribution in [3.05, 3.63) is 324 Å². The highest BCUT2D eigenvalue weighted by Gasteiger charge is 2.46. The van der Waals surface area contributed by atoms with Crippen molar-refractivity contribution in [3.8, 4) is 50.4 Å². The zero-order valence-electron chi connectivity index (χ0n) is 75.2. The van der Waals surface area contributed by atoms with Crippen LogP contribution in [0.5, 0.6) is 0 Å². The summed E-state index contributed by atoms with van der Waals surface area (Å²) in [5.41, 5.74) is 39.5. The minimum Gasteiger partial charge on any atom is -0.311 e. The molecule has 6 heteroatoms. The number of hydrogen-bond acceptors (Lipinski definition) is 2. The number of rotatable bonds is 8. The standard InChI is InChI=1S/C116H114BN5/c1-109(2,3)77-37-52-100-88(63-77)89-64-78(110(4,5)6)38-53-101(89)120(100)83-45-49-96-104(67-83)118(81-41-30-72(31-42-81)75-34-47-92-94(61-75)115(17,18)58-56-113(92,13)14)106-69-85(122-98-29-25-24-28-86(98)87-60-74(36-51-99(87)122)71-26-22-21-23-27-71)70-107-108(106)117(96)97-50-46-84(121-102-54-39-79(111(7,8)9)65-90(102)91-66-80(112(10,11)12)40-55-103(91)121)68-105(97)119(107)82-43-32-73(33-44-82)76-35-48-93-95(62-76)116(19,20)59-57-114(93,15)16/h21-55,60-70H,56-59H2,1-20H3. The fraction of sp³-hybridized carbons (Fsp3) is 0.276. The fourth-order valence-electron chi connectivity index (χ4n) is 21.6. The average molecular weight is 1590 g/mol. The molecule has 2 aliphatic carbocycles. The number of anilines is 6. The third kappa shape index (κ3) is 12.3. The van der Waals surface area contributed by atoms with Crippen molar-refractivity contribution in [1.29, 1.82) is 0 Å². The molecular formula is C116H114BN5. The minimum atomic E-state index is -0.227. The Morgan fingerprint density at radius 1 is 0.230 bits per heavy atom. The molecule has 2 aliphatic heterocycles. The van der Waals surface area contributed by atoms with E-state index in [0.717, 1.165) is 75.1 Å². The number of hydrogen-bond donors (Lipinski definition) is 0. The summed E-state index contributed by atoms with van der Waals surface area (Å²) in [7, 11) is 0. The predicted octanol–water partition coefficient (Wildman–Crippen LogP) is 29.9. The van der Waals surface area contributed by atoms with Gasteiger partial charge in [0, 0.05) is 77.8 Å². The molecule has 14 aromatic carbocycles. The summed E-state index contributed by atoms with van der Waals surface area (Å²) in [5, 5.41) is 7.51. The molecule has 0 radical (unpaired) electrons. The first kappa shape index (κ1) is 77.5. The fourth-order valence-corrected chi connectivity index (χ4v) is 21.6. The number of para-hydroxylation sites is 1. The summed E-state index contributed by atoms with van der Waals surface area (Å²) in [4.78, 5) is 5.33. The summed E-state index contributed by atoms with van der Waals surface area (Å²) in [6, 6.07) is 111. The molecule has 5 nitrogen and oxygen atoms in total. The van der Waals surface area contributed by atoms with Crippen LogP contribution in [0.15, 0.2) is 279 Å². The van der Waals surface area contributed by atoms with Gasteiger partial charge < -0.3 is 23.5 Å². The van der Waals surface area contributed by atoms with Gasteiger partial charge in [-0.2, -0.15) is 0 Å². The van der Waals surface area contributed by atoms with Crippen LogP contribution >= 0.6 is 0 Å². The van der Waals surface area contributed by atoms with E-state index in [9.17, 15) is 0 Å². The van der Waals surface area contributed by atoms with Crippen molar-refractivity contribution in [2.75, 3.05) is 9.80 Å². The van der Waals surface area contributed by atoms with E-state index in [4.69, 9.17) is 0 Å². The van der Waals surface area contributed by atoms with E-state index in [1.54, 1.807) is 0 Å². The van der Waals surface area contributed by atoms with E-state index in [1.807, 2.05) is 0 Å². The highest BCUT2D eigenvalue weighted by atomic mass is 15.2. The van der Waals surface area contributed by atoms with Gasteiger partial charge in [-0.25, -0.2) is 0 Å². The van der Waals surface area contributed by atoms with Gasteiger partial charge in [-0.05, 0) is 291 Å². The molecule has 5 heterocycles. The van der Waals surface area contributed by atoms with Crippen LogP contribution in [0.2, 0.25) is 0 Å². The molecule has 0 spiro atoms. The third-order valence-electron chi connectivity index (χ3n) is 29.2. The summed E-state index contributed by atoms with van der Waals surface area (Å²) < 4.78 is 7.72. The Labute approximate surface area is 722 Å². The van der Waals surface area contributed by atoms with Crippen LogP contribution in [-0.2, 0) is 43.3 Å². The average Bonchev–Trinajstić information content (AvgIpc) is 0.911. The van der Waals surface area contributed by atoms with Crippen LogP contribution in [-0.4, -0.2) is 20.4 Å². The maximum atomic E-state index is 2.67. The van der Waals surface area contributed by atoms with Crippen LogP contribution in [0.25, 0.3) is 116 Å². The zero-order valence-corrected chi connectivity index (χ0v) is 75.2. The van der Waals surface area contributed by atoms with Crippen LogP contribution < -0.4 is 26.2 Å². The molecule has 0 N–H and O–H groups in total. The minimum absolute atomic E-state index is 0.0575. The smallest absolute Gasteiger partial charge is 0.252 e. The van der Waals surface area contributed by atoms with E-state index in [1.165, 1.54) is 162 Å². The summed E-state index contributed by atoms with van der Waals surface area (Å²) in [6.07, 6.45) is 4.66. The van der Waals surface area contributed by atoms with Crippen LogP contribution in [0.4, 0.5) is 34.1 Å². The van der Waals surface area contributed by atoms with Gasteiger partial charge in [0.25, 0.3) is 6.71 Å². The van der Waals surface area contributed by atoms with E-state index in [0.29, 0.717) is 0 Å². The van der Waals surface area contributed by atoms with Gasteiger partial charge in [0.1, 0.15) is 0 Å². The van der Waals surface area contributed by atoms with Gasteiger partial charge in [0.05, 0.1) is 38.8 Å². The monoisotopic (exact) mass is 1590 g/mol. The molecule has 0 unspecified atom stereocenters. The summed E-state index contributed by atoms with van der Waals surface area (Å²) in [5.74, 6) is 0. The molecule has 0 atom stereocenters. The number of benzene rings is 14. The van der Waals surface area contributed by atoms with Crippen molar-refractivity contribution >= 4 is 123 Å². The molecule has 0 bridgehead atoms. The molecule has 122 heavy (non-hydrogen) atoms. The molecule has 3 aromatic heterocycles. The van der Waals surface area contributed by atoms with E-state index in [2.05, 4.69) is 441 Å². The number of nitrogens with zero attached hydrogens (tertiary/aromatic N) is 5. The topological polar surface area (TPSA) is 21.3 Å². The van der Waals surface area contributed by atoms with Gasteiger partial charge in [-0.3, -0.25) is 0 Å². The molecule has 0 amide bonds. The molecule has 4 aliphatic rings. The first-order valence-corrected chi connectivity index (χ1v) is 44.8. The maximum Gasteiger partial charge on any atom is 0.252 e. The molecule has 0 fully saturated rings. The highest BCUT2D eigenvalue weighted by molar-refractivity contribution is 7.00. The van der Waals surface area contributed by atoms with Gasteiger partial charge in [0.15, 0.2) is 0 Å². The second-order valence-corrected chi connectivity index (χ2v) is 43.2. The Balaban J connectivity index is 0.868. The van der Waals surface area contributed by atoms with Crippen molar-refractivity contribution in [3.63, 3.8) is 0 Å². The lowest BCUT2D eigenvalue weighted by atomic mass is 9.33. The molecule has 0 saturated heterocycles. The Hall–Kier alpha value is -11.9. The van der Waals surface area contributed by atoms with E-state index < -0.39 is 0 Å². The van der Waals surface area contributed by atoms with Crippen molar-refractivity contribution < 1.29 is 0 Å². The molecule has 0 saturated carbocycles. The van der Waals surface area contributed by atoms with Crippen LogP contribution in [0, 0.1) is 0 Å². The Kier molecular flexibility index (Phi) is 17.0. The van der Waals surface area contributed by atoms with Crippen molar-refractivity contribution in [2.24, 2.45) is 0 Å². The highest BCUT2D eigenvalue weighted by Crippen LogP contribution is 2.54. The van der Waals surface area contributed by atoms with Crippen molar-refractivity contribution in [1.82, 2.24) is 13.7 Å². The largest absolute Gasteiger partial charge is 0.311 e. The Morgan fingerprint density at radius 2 is 0.525 bits per heavy atom. The molecule has 21 rings (SSSR count). The van der Waals surface area contributed by atoms with E-state index >= 15 is 0 Å². The Bertz CT molecular complexity index is 6730. The van der Waals surface area contributed by atoms with Gasteiger partial charge in [0.2, 0.25) is 0 Å². The second kappa shape index (κ2) is 26.8. The number of aromatic nitrogens is 3. The molecular weight excluding hydrogens is 1470 g/mol. The van der Waals surface area contributed by atoms with Gasteiger partial charge in [-0.15, -0.1) is 0 Å². The quantitative estimate of drug-likeness (QED) is 0.141. The maximum absolute atomic E-state index is 2.67. The number of fused-ring (bicyclic) bond motifs is 15. The lowest BCUT2D eigenvalue weighted by Gasteiger charge is -2.44. The zero-order chi connectivity index (χ0) is 84.8. The lowest BCUT2D eigenvalue weighted by molar-refractivity contribution is 0.332. The third-order valence-corrected chi connectivity index (χ3v) is 29.2. The molecule has 606 valence electrons. The van der Waals surface area contributed by atoms with Gasteiger partial charge in [-0.1, -0.05) is 290 Å². The van der Waals surface area contributed by atoms with Crippen molar-refractivity contribution in [2.45, 2.75) is 207 Å². The van der Waals surface area contributed by atoms with Crippen LogP contribution in [0.1, 0.15) is 209 Å². The predicted molar refractivity (Wildman–Crippen MR) is 525 cm³/mol.